The molecule has 0 fully saturated rings. The van der Waals surface area contributed by atoms with Gasteiger partial charge in [-0.1, -0.05) is 6.92 Å². The first-order valence-electron chi connectivity index (χ1n) is 6.68. The molecule has 0 atom stereocenters. The predicted octanol–water partition coefficient (Wildman–Crippen LogP) is 2.64. The summed E-state index contributed by atoms with van der Waals surface area (Å²) in [4.78, 5) is 6.42. The molecule has 0 saturated carbocycles. The van der Waals surface area contributed by atoms with E-state index in [0.29, 0.717) is 9.34 Å². The minimum Gasteiger partial charge on any atom is -0.319 e. The fourth-order valence-electron chi connectivity index (χ4n) is 1.85. The summed E-state index contributed by atoms with van der Waals surface area (Å²) in [5, 5.41) is 3.49. The van der Waals surface area contributed by atoms with Gasteiger partial charge in [0.1, 0.15) is 4.21 Å². The lowest BCUT2D eigenvalue weighted by Crippen LogP contribution is -2.11. The number of nitrogens with zero attached hydrogens (tertiary/aromatic N) is 1. The number of sulfonamides is 1. The Labute approximate surface area is 133 Å². The van der Waals surface area contributed by atoms with E-state index < -0.39 is 10.0 Å². The number of thiophene rings is 1. The maximum Gasteiger partial charge on any atom is 0.273 e. The van der Waals surface area contributed by atoms with Crippen molar-refractivity contribution in [2.75, 3.05) is 18.3 Å². The van der Waals surface area contributed by atoms with Gasteiger partial charge in [-0.3, -0.25) is 4.72 Å². The number of aromatic nitrogens is 1. The molecule has 0 aromatic carbocycles. The molecular weight excluding hydrogens is 326 g/mol. The Balaban J connectivity index is 2.15. The average molecular weight is 346 g/mol. The van der Waals surface area contributed by atoms with Crippen LogP contribution >= 0.6 is 22.7 Å². The summed E-state index contributed by atoms with van der Waals surface area (Å²) in [5.41, 5.74) is 0.943. The normalized spacial score (nSPS) is 11.8. The van der Waals surface area contributed by atoms with E-state index in [1.165, 1.54) is 22.7 Å². The summed E-state index contributed by atoms with van der Waals surface area (Å²) in [6.07, 6.45) is 1.63. The smallest absolute Gasteiger partial charge is 0.273 e. The molecule has 2 aromatic rings. The SMILES string of the molecule is CCc1nc(NS(=O)(=O)c2ccc(CCNC)s2)sc1C. The van der Waals surface area contributed by atoms with Gasteiger partial charge >= 0.3 is 0 Å². The molecule has 2 heterocycles. The van der Waals surface area contributed by atoms with Gasteiger partial charge in [-0.2, -0.15) is 0 Å². The molecule has 5 nitrogen and oxygen atoms in total. The number of aryl methyl sites for hydroxylation is 2. The minimum atomic E-state index is -3.53. The van der Waals surface area contributed by atoms with Crippen LogP contribution in [0, 0.1) is 6.92 Å². The Morgan fingerprint density at radius 2 is 2.05 bits per heavy atom. The van der Waals surface area contributed by atoms with Gasteiger partial charge < -0.3 is 5.32 Å². The molecule has 2 rings (SSSR count). The first-order valence-corrected chi connectivity index (χ1v) is 9.80. The predicted molar refractivity (Wildman–Crippen MR) is 89.0 cm³/mol. The molecule has 2 aromatic heterocycles. The molecule has 0 aliphatic rings. The van der Waals surface area contributed by atoms with Crippen LogP contribution in [0.15, 0.2) is 16.3 Å². The largest absolute Gasteiger partial charge is 0.319 e. The third-order valence-corrected chi connectivity index (χ3v) is 7.01. The van der Waals surface area contributed by atoms with Crippen molar-refractivity contribution in [1.82, 2.24) is 10.3 Å². The zero-order valence-corrected chi connectivity index (χ0v) is 14.7. The van der Waals surface area contributed by atoms with Crippen LogP contribution in [0.2, 0.25) is 0 Å². The van der Waals surface area contributed by atoms with Gasteiger partial charge in [0.25, 0.3) is 10.0 Å². The van der Waals surface area contributed by atoms with Crippen LogP contribution in [0.1, 0.15) is 22.4 Å². The first kappa shape index (κ1) is 16.4. The Bertz CT molecular complexity index is 704. The Morgan fingerprint density at radius 1 is 1.29 bits per heavy atom. The van der Waals surface area contributed by atoms with Crippen molar-refractivity contribution in [3.63, 3.8) is 0 Å². The van der Waals surface area contributed by atoms with E-state index in [-0.39, 0.29) is 0 Å². The van der Waals surface area contributed by atoms with Crippen molar-refractivity contribution in [3.8, 4) is 0 Å². The molecule has 0 aliphatic carbocycles. The van der Waals surface area contributed by atoms with Crippen LogP contribution in [-0.2, 0) is 22.9 Å². The van der Waals surface area contributed by atoms with E-state index in [4.69, 9.17) is 0 Å². The molecule has 0 bridgehead atoms. The fourth-order valence-corrected chi connectivity index (χ4v) is 5.34. The molecule has 116 valence electrons. The Kier molecular flexibility index (Phi) is 5.37. The van der Waals surface area contributed by atoms with Crippen LogP contribution in [0.25, 0.3) is 0 Å². The minimum absolute atomic E-state index is 0.333. The molecule has 21 heavy (non-hydrogen) atoms. The van der Waals surface area contributed by atoms with Gasteiger partial charge in [-0.05, 0) is 45.5 Å². The van der Waals surface area contributed by atoms with Crippen LogP contribution in [0.4, 0.5) is 5.13 Å². The molecule has 2 N–H and O–H groups in total. The van der Waals surface area contributed by atoms with Crippen molar-refractivity contribution in [3.05, 3.63) is 27.6 Å². The van der Waals surface area contributed by atoms with E-state index in [1.807, 2.05) is 27.0 Å². The monoisotopic (exact) mass is 345 g/mol. The highest BCUT2D eigenvalue weighted by molar-refractivity contribution is 7.94. The van der Waals surface area contributed by atoms with Gasteiger partial charge in [0, 0.05) is 9.75 Å². The topological polar surface area (TPSA) is 71.1 Å². The second-order valence-electron chi connectivity index (χ2n) is 4.56. The number of rotatable bonds is 7. The summed E-state index contributed by atoms with van der Waals surface area (Å²) in [7, 11) is -1.66. The second-order valence-corrected chi connectivity index (χ2v) is 8.84. The highest BCUT2D eigenvalue weighted by Crippen LogP contribution is 2.27. The van der Waals surface area contributed by atoms with Gasteiger partial charge in [0.15, 0.2) is 5.13 Å². The van der Waals surface area contributed by atoms with Crippen molar-refractivity contribution >= 4 is 37.8 Å². The quantitative estimate of drug-likeness (QED) is 0.809. The zero-order valence-electron chi connectivity index (χ0n) is 12.3. The molecule has 8 heteroatoms. The van der Waals surface area contributed by atoms with Gasteiger partial charge in [0.2, 0.25) is 0 Å². The summed E-state index contributed by atoms with van der Waals surface area (Å²) in [5.74, 6) is 0. The molecule has 0 aliphatic heterocycles. The van der Waals surface area contributed by atoms with Crippen LogP contribution in [0.5, 0.6) is 0 Å². The maximum absolute atomic E-state index is 12.3. The van der Waals surface area contributed by atoms with E-state index in [1.54, 1.807) is 6.07 Å². The summed E-state index contributed by atoms with van der Waals surface area (Å²) < 4.78 is 27.6. The lowest BCUT2D eigenvalue weighted by molar-refractivity contribution is 0.603. The van der Waals surface area contributed by atoms with E-state index >= 15 is 0 Å². The number of hydrogen-bond donors (Lipinski definition) is 2. The highest BCUT2D eigenvalue weighted by Gasteiger charge is 2.19. The third kappa shape index (κ3) is 4.03. The number of thiazole rings is 1. The lowest BCUT2D eigenvalue weighted by atomic mass is 10.3. The number of hydrogen-bond acceptors (Lipinski definition) is 6. The number of nitrogens with one attached hydrogen (secondary N) is 2. The standard InChI is InChI=1S/C13H19N3O2S3/c1-4-11-9(2)19-13(15-11)16-21(17,18)12-6-5-10(20-12)7-8-14-3/h5-6,14H,4,7-8H2,1-3H3,(H,15,16). The van der Waals surface area contributed by atoms with Crippen molar-refractivity contribution in [2.24, 2.45) is 0 Å². The van der Waals surface area contributed by atoms with Gasteiger partial charge in [-0.25, -0.2) is 13.4 Å². The van der Waals surface area contributed by atoms with Crippen LogP contribution in [0.3, 0.4) is 0 Å². The third-order valence-electron chi connectivity index (χ3n) is 2.97. The maximum atomic E-state index is 12.3. The molecule has 0 saturated heterocycles. The average Bonchev–Trinajstić information content (AvgIpc) is 3.03. The molecular formula is C13H19N3O2S3. The van der Waals surface area contributed by atoms with Gasteiger partial charge in [-0.15, -0.1) is 22.7 Å². The number of likely N-dealkylation sites (N-methyl/N-ethyl adjacent to an activating group) is 1. The molecule has 0 amide bonds. The fraction of sp³-hybridized carbons (Fsp3) is 0.462. The zero-order chi connectivity index (χ0) is 15.5. The van der Waals surface area contributed by atoms with Crippen molar-refractivity contribution in [1.29, 1.82) is 0 Å². The van der Waals surface area contributed by atoms with E-state index in [0.717, 1.165) is 34.8 Å². The molecule has 0 radical (unpaired) electrons. The Hall–Kier alpha value is -0.960. The van der Waals surface area contributed by atoms with Crippen LogP contribution in [-0.4, -0.2) is 27.0 Å². The Morgan fingerprint density at radius 3 is 2.67 bits per heavy atom. The van der Waals surface area contributed by atoms with Gasteiger partial charge in [0.05, 0.1) is 5.69 Å². The number of anilines is 1. The summed E-state index contributed by atoms with van der Waals surface area (Å²) >= 11 is 2.68. The summed E-state index contributed by atoms with van der Waals surface area (Å²) in [6.45, 7) is 4.79. The lowest BCUT2D eigenvalue weighted by Gasteiger charge is -2.01. The summed E-state index contributed by atoms with van der Waals surface area (Å²) in [6, 6.07) is 3.51. The van der Waals surface area contributed by atoms with E-state index in [9.17, 15) is 8.42 Å². The van der Waals surface area contributed by atoms with E-state index in [2.05, 4.69) is 15.0 Å². The second kappa shape index (κ2) is 6.87. The molecule has 0 spiro atoms. The molecule has 0 unspecified atom stereocenters. The van der Waals surface area contributed by atoms with Crippen molar-refractivity contribution in [2.45, 2.75) is 30.9 Å². The highest BCUT2D eigenvalue weighted by atomic mass is 32.2. The van der Waals surface area contributed by atoms with Crippen molar-refractivity contribution < 1.29 is 8.42 Å². The first-order chi connectivity index (χ1) is 9.96. The van der Waals surface area contributed by atoms with Crippen LogP contribution < -0.4 is 10.0 Å².